The van der Waals surface area contributed by atoms with Gasteiger partial charge in [-0.25, -0.2) is 4.39 Å². The highest BCUT2D eigenvalue weighted by atomic mass is 19.1. The molecule has 0 aliphatic rings. The molecular formula is C16H26FNO. The van der Waals surface area contributed by atoms with Crippen molar-refractivity contribution in [3.63, 3.8) is 0 Å². The Morgan fingerprint density at radius 2 is 2.11 bits per heavy atom. The molecule has 0 fully saturated rings. The number of hydrogen-bond acceptors (Lipinski definition) is 2. The summed E-state index contributed by atoms with van der Waals surface area (Å²) in [6, 6.07) is 5.43. The van der Waals surface area contributed by atoms with Crippen molar-refractivity contribution in [3.05, 3.63) is 29.6 Å². The fourth-order valence-electron chi connectivity index (χ4n) is 1.99. The summed E-state index contributed by atoms with van der Waals surface area (Å²) in [6.07, 6.45) is 4.99. The van der Waals surface area contributed by atoms with Crippen molar-refractivity contribution < 1.29 is 9.13 Å². The van der Waals surface area contributed by atoms with Gasteiger partial charge in [-0.3, -0.25) is 0 Å². The van der Waals surface area contributed by atoms with E-state index in [1.807, 2.05) is 6.92 Å². The lowest BCUT2D eigenvalue weighted by Crippen LogP contribution is -2.30. The van der Waals surface area contributed by atoms with Gasteiger partial charge in [-0.2, -0.15) is 0 Å². The molecule has 0 saturated carbocycles. The third-order valence-electron chi connectivity index (χ3n) is 3.18. The van der Waals surface area contributed by atoms with Crippen LogP contribution >= 0.6 is 0 Å². The first-order valence-corrected chi connectivity index (χ1v) is 7.25. The topological polar surface area (TPSA) is 21.3 Å². The highest BCUT2D eigenvalue weighted by molar-refractivity contribution is 5.29. The molecule has 0 radical (unpaired) electrons. The Kier molecular flexibility index (Phi) is 7.49. The summed E-state index contributed by atoms with van der Waals surface area (Å²) in [5.74, 6) is 0.0574. The van der Waals surface area contributed by atoms with Crippen LogP contribution in [-0.2, 0) is 0 Å². The van der Waals surface area contributed by atoms with E-state index in [1.165, 1.54) is 31.7 Å². The van der Waals surface area contributed by atoms with Crippen LogP contribution in [0.2, 0.25) is 0 Å². The van der Waals surface area contributed by atoms with E-state index in [1.54, 1.807) is 12.1 Å². The van der Waals surface area contributed by atoms with Crippen molar-refractivity contribution in [3.8, 4) is 5.75 Å². The minimum Gasteiger partial charge on any atom is -0.489 e. The fourth-order valence-corrected chi connectivity index (χ4v) is 1.99. The molecule has 1 N–H and O–H groups in total. The molecule has 2 nitrogen and oxygen atoms in total. The smallest absolute Gasteiger partial charge is 0.165 e. The van der Waals surface area contributed by atoms with Crippen LogP contribution in [0.4, 0.5) is 4.39 Å². The summed E-state index contributed by atoms with van der Waals surface area (Å²) in [5, 5.41) is 3.40. The van der Waals surface area contributed by atoms with Crippen molar-refractivity contribution >= 4 is 0 Å². The predicted octanol–water partition coefficient (Wildman–Crippen LogP) is 4.07. The molecule has 1 aromatic rings. The van der Waals surface area contributed by atoms with Crippen LogP contribution in [0.1, 0.15) is 45.1 Å². The third kappa shape index (κ3) is 6.58. The lowest BCUT2D eigenvalue weighted by Gasteiger charge is -2.14. The third-order valence-corrected chi connectivity index (χ3v) is 3.18. The number of nitrogens with one attached hydrogen (secondary N) is 1. The Morgan fingerprint density at radius 1 is 1.32 bits per heavy atom. The SMILES string of the molecule is CCCCCC(C)NCCOc1cc(C)ccc1F. The minimum atomic E-state index is -0.290. The van der Waals surface area contributed by atoms with Crippen LogP contribution in [0.3, 0.4) is 0 Å². The average molecular weight is 267 g/mol. The molecule has 0 amide bonds. The zero-order valence-corrected chi connectivity index (χ0v) is 12.3. The summed E-state index contributed by atoms with van der Waals surface area (Å²) in [4.78, 5) is 0. The molecule has 1 unspecified atom stereocenters. The number of hydrogen-bond donors (Lipinski definition) is 1. The monoisotopic (exact) mass is 267 g/mol. The standard InChI is InChI=1S/C16H26FNO/c1-4-5-6-7-14(3)18-10-11-19-16-12-13(2)8-9-15(16)17/h8-9,12,14,18H,4-7,10-11H2,1-3H3. The van der Waals surface area contributed by atoms with E-state index in [9.17, 15) is 4.39 Å². The van der Waals surface area contributed by atoms with Crippen LogP contribution in [0, 0.1) is 12.7 Å². The number of benzene rings is 1. The molecule has 0 bridgehead atoms. The number of unbranched alkanes of at least 4 members (excludes halogenated alkanes) is 2. The summed E-state index contributed by atoms with van der Waals surface area (Å²) >= 11 is 0. The predicted molar refractivity (Wildman–Crippen MR) is 78.2 cm³/mol. The highest BCUT2D eigenvalue weighted by Crippen LogP contribution is 2.17. The lowest BCUT2D eigenvalue weighted by atomic mass is 10.1. The van der Waals surface area contributed by atoms with E-state index in [0.29, 0.717) is 18.4 Å². The Balaban J connectivity index is 2.18. The first-order chi connectivity index (χ1) is 9.13. The van der Waals surface area contributed by atoms with E-state index < -0.39 is 0 Å². The Morgan fingerprint density at radius 3 is 2.84 bits per heavy atom. The summed E-state index contributed by atoms with van der Waals surface area (Å²) < 4.78 is 18.9. The van der Waals surface area contributed by atoms with Gasteiger partial charge in [0.1, 0.15) is 6.61 Å². The zero-order valence-electron chi connectivity index (χ0n) is 12.3. The maximum Gasteiger partial charge on any atom is 0.165 e. The van der Waals surface area contributed by atoms with Gasteiger partial charge >= 0.3 is 0 Å². The maximum absolute atomic E-state index is 13.4. The molecular weight excluding hydrogens is 241 g/mol. The molecule has 1 atom stereocenters. The maximum atomic E-state index is 13.4. The molecule has 0 aliphatic carbocycles. The van der Waals surface area contributed by atoms with E-state index in [2.05, 4.69) is 19.2 Å². The van der Waals surface area contributed by atoms with Crippen molar-refractivity contribution in [1.82, 2.24) is 5.32 Å². The van der Waals surface area contributed by atoms with Gasteiger partial charge in [0.15, 0.2) is 11.6 Å². The second kappa shape index (κ2) is 8.92. The van der Waals surface area contributed by atoms with Crippen LogP contribution < -0.4 is 10.1 Å². The first-order valence-electron chi connectivity index (χ1n) is 7.25. The van der Waals surface area contributed by atoms with Gasteiger partial charge in [-0.05, 0) is 38.0 Å². The Hall–Kier alpha value is -1.09. The van der Waals surface area contributed by atoms with Crippen LogP contribution in [0.5, 0.6) is 5.75 Å². The summed E-state index contributed by atoms with van der Waals surface area (Å²) in [6.45, 7) is 7.57. The molecule has 3 heteroatoms. The highest BCUT2D eigenvalue weighted by Gasteiger charge is 2.04. The minimum absolute atomic E-state index is 0.290. The molecule has 108 valence electrons. The number of aryl methyl sites for hydroxylation is 1. The average Bonchev–Trinajstić information content (AvgIpc) is 2.39. The van der Waals surface area contributed by atoms with E-state index in [0.717, 1.165) is 12.1 Å². The van der Waals surface area contributed by atoms with E-state index >= 15 is 0 Å². The van der Waals surface area contributed by atoms with Crippen LogP contribution in [-0.4, -0.2) is 19.2 Å². The lowest BCUT2D eigenvalue weighted by molar-refractivity contribution is 0.290. The molecule has 1 rings (SSSR count). The zero-order chi connectivity index (χ0) is 14.1. The molecule has 1 aromatic carbocycles. The molecule has 0 spiro atoms. The normalized spacial score (nSPS) is 12.4. The number of rotatable bonds is 9. The fraction of sp³-hybridized carbons (Fsp3) is 0.625. The van der Waals surface area contributed by atoms with E-state index in [4.69, 9.17) is 4.74 Å². The van der Waals surface area contributed by atoms with Gasteiger partial charge in [0.2, 0.25) is 0 Å². The Bertz CT molecular complexity index is 368. The van der Waals surface area contributed by atoms with Gasteiger partial charge in [0.25, 0.3) is 0 Å². The van der Waals surface area contributed by atoms with Gasteiger partial charge < -0.3 is 10.1 Å². The Labute approximate surface area is 116 Å². The molecule has 0 aliphatic heterocycles. The molecule has 0 aromatic heterocycles. The van der Waals surface area contributed by atoms with Crippen LogP contribution in [0.15, 0.2) is 18.2 Å². The van der Waals surface area contributed by atoms with E-state index in [-0.39, 0.29) is 5.82 Å². The van der Waals surface area contributed by atoms with Crippen LogP contribution in [0.25, 0.3) is 0 Å². The molecule has 0 saturated heterocycles. The second-order valence-electron chi connectivity index (χ2n) is 5.13. The number of ether oxygens (including phenoxy) is 1. The largest absolute Gasteiger partial charge is 0.489 e. The van der Waals surface area contributed by atoms with Gasteiger partial charge in [-0.15, -0.1) is 0 Å². The van der Waals surface area contributed by atoms with Crippen molar-refractivity contribution in [2.75, 3.05) is 13.2 Å². The quantitative estimate of drug-likeness (QED) is 0.681. The molecule has 19 heavy (non-hydrogen) atoms. The summed E-state index contributed by atoms with van der Waals surface area (Å²) in [5.41, 5.74) is 1.01. The molecule has 0 heterocycles. The second-order valence-corrected chi connectivity index (χ2v) is 5.13. The van der Waals surface area contributed by atoms with Crippen molar-refractivity contribution in [2.24, 2.45) is 0 Å². The van der Waals surface area contributed by atoms with Gasteiger partial charge in [-0.1, -0.05) is 32.3 Å². The van der Waals surface area contributed by atoms with Gasteiger partial charge in [0, 0.05) is 12.6 Å². The van der Waals surface area contributed by atoms with Crippen molar-refractivity contribution in [2.45, 2.75) is 52.5 Å². The number of halogens is 1. The van der Waals surface area contributed by atoms with Crippen molar-refractivity contribution in [1.29, 1.82) is 0 Å². The van der Waals surface area contributed by atoms with Gasteiger partial charge in [0.05, 0.1) is 0 Å². The summed E-state index contributed by atoms with van der Waals surface area (Å²) in [7, 11) is 0. The first kappa shape index (κ1) is 16.0.